The summed E-state index contributed by atoms with van der Waals surface area (Å²) >= 11 is 0. The van der Waals surface area contributed by atoms with Gasteiger partial charge in [-0.25, -0.2) is 0 Å². The lowest BCUT2D eigenvalue weighted by Gasteiger charge is -2.23. The van der Waals surface area contributed by atoms with Gasteiger partial charge in [-0.3, -0.25) is 19.4 Å². The number of hydrogen-bond acceptors (Lipinski definition) is 10. The second kappa shape index (κ2) is 18.7. The van der Waals surface area contributed by atoms with Crippen molar-refractivity contribution in [3.05, 3.63) is 142 Å². The van der Waals surface area contributed by atoms with Gasteiger partial charge in [-0.15, -0.1) is 0 Å². The minimum absolute atomic E-state index is 0.121. The van der Waals surface area contributed by atoms with Crippen LogP contribution in [-0.2, 0) is 11.2 Å². The van der Waals surface area contributed by atoms with Crippen molar-refractivity contribution >= 4 is 51.4 Å². The molecule has 61 heavy (non-hydrogen) atoms. The van der Waals surface area contributed by atoms with Gasteiger partial charge in [-0.1, -0.05) is 36.1 Å². The number of aryl methyl sites for hydroxylation is 2. The van der Waals surface area contributed by atoms with Gasteiger partial charge in [0.2, 0.25) is 0 Å². The van der Waals surface area contributed by atoms with E-state index in [-0.39, 0.29) is 47.7 Å². The smallest absolute Gasteiger partial charge is 0.262 e. The van der Waals surface area contributed by atoms with Crippen LogP contribution in [0.2, 0.25) is 0 Å². The van der Waals surface area contributed by atoms with Crippen LogP contribution in [0.4, 0.5) is 22.7 Å². The van der Waals surface area contributed by atoms with E-state index in [1.54, 1.807) is 19.2 Å². The second-order valence-electron chi connectivity index (χ2n) is 14.8. The number of carbonyl (C=O) groups is 3. The summed E-state index contributed by atoms with van der Waals surface area (Å²) < 4.78 is 10.9. The Morgan fingerprint density at radius 3 is 2.64 bits per heavy atom. The number of rotatable bonds is 14. The van der Waals surface area contributed by atoms with Crippen molar-refractivity contribution in [2.75, 3.05) is 42.8 Å². The van der Waals surface area contributed by atoms with Gasteiger partial charge in [-0.2, -0.15) is 0 Å². The summed E-state index contributed by atoms with van der Waals surface area (Å²) in [5.41, 5.74) is 14.5. The number of hydrogen-bond donors (Lipinski definition) is 7. The highest BCUT2D eigenvalue weighted by atomic mass is 16.5. The van der Waals surface area contributed by atoms with Crippen LogP contribution in [0.25, 0.3) is 10.9 Å². The highest BCUT2D eigenvalue weighted by molar-refractivity contribution is 6.08. The zero-order valence-corrected chi connectivity index (χ0v) is 34.0. The topological polar surface area (TPSA) is 197 Å². The number of methoxy groups -OCH3 is 1. The third-order valence-electron chi connectivity index (χ3n) is 10.3. The van der Waals surface area contributed by atoms with E-state index in [1.807, 2.05) is 80.6 Å². The second-order valence-corrected chi connectivity index (χ2v) is 14.8. The predicted molar refractivity (Wildman–Crippen MR) is 236 cm³/mol. The van der Waals surface area contributed by atoms with Gasteiger partial charge >= 0.3 is 0 Å². The number of benzene rings is 5. The van der Waals surface area contributed by atoms with E-state index >= 15 is 0 Å². The maximum atomic E-state index is 13.5. The first-order chi connectivity index (χ1) is 29.5. The van der Waals surface area contributed by atoms with Crippen LogP contribution in [0.15, 0.2) is 97.2 Å². The predicted octanol–water partition coefficient (Wildman–Crippen LogP) is 7.04. The van der Waals surface area contributed by atoms with Crippen molar-refractivity contribution in [3.8, 4) is 29.1 Å². The molecule has 7 rings (SSSR count). The number of phenolic OH excluding ortho intramolecular Hbond substituents is 1. The lowest BCUT2D eigenvalue weighted by Crippen LogP contribution is -2.28. The first-order valence-electron chi connectivity index (χ1n) is 19.8. The molecule has 13 heteroatoms. The average molecular weight is 819 g/mol. The van der Waals surface area contributed by atoms with E-state index in [1.165, 1.54) is 12.3 Å². The SMILES string of the molecule is COc1cccc(Nc2c(C(N)=O)cnc3c(C)cc(Cc4cccc(C(=O)Nc5ccc(C#CCCCNC[C@H](O)c6ccc(O)c7c6OCC(=O)N7)cc5C)c4)cc23)c1. The summed E-state index contributed by atoms with van der Waals surface area (Å²) in [6.45, 7) is 4.59. The van der Waals surface area contributed by atoms with Gasteiger partial charge in [0.05, 0.1) is 30.0 Å². The number of anilines is 4. The minimum Gasteiger partial charge on any atom is -0.506 e. The zero-order chi connectivity index (χ0) is 43.0. The molecule has 0 aliphatic carbocycles. The molecule has 0 saturated heterocycles. The fourth-order valence-corrected chi connectivity index (χ4v) is 7.21. The van der Waals surface area contributed by atoms with Crippen molar-refractivity contribution in [2.24, 2.45) is 5.73 Å². The van der Waals surface area contributed by atoms with Crippen LogP contribution in [0.3, 0.4) is 0 Å². The van der Waals surface area contributed by atoms with Crippen molar-refractivity contribution in [1.82, 2.24) is 10.3 Å². The number of aliphatic hydroxyl groups excluding tert-OH is 1. The number of aliphatic hydroxyl groups is 1. The van der Waals surface area contributed by atoms with E-state index in [0.717, 1.165) is 50.8 Å². The summed E-state index contributed by atoms with van der Waals surface area (Å²) in [5, 5.41) is 33.7. The Kier molecular flexibility index (Phi) is 12.8. The monoisotopic (exact) mass is 818 g/mol. The lowest BCUT2D eigenvalue weighted by molar-refractivity contribution is -0.118. The quantitative estimate of drug-likeness (QED) is 0.0340. The number of phenols is 1. The summed E-state index contributed by atoms with van der Waals surface area (Å²) in [6, 6.07) is 27.6. The Morgan fingerprint density at radius 2 is 1.84 bits per heavy atom. The highest BCUT2D eigenvalue weighted by Gasteiger charge is 2.25. The number of carbonyl (C=O) groups excluding carboxylic acids is 3. The van der Waals surface area contributed by atoms with Crippen molar-refractivity contribution < 1.29 is 34.1 Å². The molecule has 6 aromatic rings. The molecule has 310 valence electrons. The highest BCUT2D eigenvalue weighted by Crippen LogP contribution is 2.41. The normalized spacial score (nSPS) is 12.3. The average Bonchev–Trinajstić information content (AvgIpc) is 3.24. The van der Waals surface area contributed by atoms with Crippen LogP contribution in [0, 0.1) is 25.7 Å². The lowest BCUT2D eigenvalue weighted by atomic mass is 9.97. The number of unbranched alkanes of at least 4 members (excludes halogenated alkanes) is 1. The van der Waals surface area contributed by atoms with E-state index in [4.69, 9.17) is 15.2 Å². The first kappa shape index (κ1) is 41.7. The molecule has 13 nitrogen and oxygen atoms in total. The van der Waals surface area contributed by atoms with Crippen LogP contribution in [0.1, 0.15) is 73.0 Å². The maximum absolute atomic E-state index is 13.5. The van der Waals surface area contributed by atoms with Gasteiger partial charge < -0.3 is 46.7 Å². The first-order valence-corrected chi connectivity index (χ1v) is 19.8. The number of aromatic nitrogens is 1. The Labute approximate surface area is 353 Å². The molecular weight excluding hydrogens is 773 g/mol. The molecule has 1 aromatic heterocycles. The minimum atomic E-state index is -0.900. The van der Waals surface area contributed by atoms with Gasteiger partial charge in [-0.05, 0) is 116 Å². The standard InChI is InChI=1S/C48H46N6O7/c1-28-19-30(9-5-4-6-18-50-26-41(56)36-15-17-40(55)45-46(36)61-27-42(57)54-45)14-16-39(28)53-48(59)33-11-7-10-31(22-33)21-32-20-29(2)43-37(23-32)44(38(25-51-43)47(49)58)52-34-12-8-13-35(24-34)60-3/h7-8,10-17,19-20,22-25,41,50,55-56H,4,6,18,21,26-27H2,1-3H3,(H2,49,58)(H,51,52)(H,53,59)(H,54,57)/t41-/m0/s1. The molecule has 5 aromatic carbocycles. The molecule has 0 spiro atoms. The van der Waals surface area contributed by atoms with Crippen LogP contribution in [0.5, 0.6) is 17.2 Å². The molecule has 0 bridgehead atoms. The van der Waals surface area contributed by atoms with Crippen molar-refractivity contribution in [1.29, 1.82) is 0 Å². The fourth-order valence-electron chi connectivity index (χ4n) is 7.21. The molecule has 0 radical (unpaired) electrons. The largest absolute Gasteiger partial charge is 0.506 e. The Hall–Kier alpha value is -7.40. The summed E-state index contributed by atoms with van der Waals surface area (Å²) in [7, 11) is 1.59. The number of fused-ring (bicyclic) bond motifs is 2. The molecule has 0 fully saturated rings. The number of pyridine rings is 1. The van der Waals surface area contributed by atoms with Crippen LogP contribution in [-0.4, -0.2) is 59.7 Å². The van der Waals surface area contributed by atoms with Crippen LogP contribution < -0.4 is 36.5 Å². The Balaban J connectivity index is 0.948. The van der Waals surface area contributed by atoms with Crippen molar-refractivity contribution in [2.45, 2.75) is 39.2 Å². The molecule has 1 aliphatic heterocycles. The molecule has 0 unspecified atom stereocenters. The van der Waals surface area contributed by atoms with Gasteiger partial charge in [0.15, 0.2) is 12.4 Å². The van der Waals surface area contributed by atoms with Gasteiger partial charge in [0.25, 0.3) is 17.7 Å². The fraction of sp³-hybridized carbons (Fsp3) is 0.208. The van der Waals surface area contributed by atoms with E-state index in [2.05, 4.69) is 44.2 Å². The number of aromatic hydroxyl groups is 1. The van der Waals surface area contributed by atoms with E-state index in [0.29, 0.717) is 47.6 Å². The Morgan fingerprint density at radius 1 is 1.00 bits per heavy atom. The van der Waals surface area contributed by atoms with Gasteiger partial charge in [0.1, 0.15) is 17.2 Å². The number of primary amides is 1. The molecule has 1 atom stereocenters. The molecule has 0 saturated carbocycles. The van der Waals surface area contributed by atoms with E-state index in [9.17, 15) is 24.6 Å². The molecular formula is C48H46N6O7. The molecule has 1 aliphatic rings. The van der Waals surface area contributed by atoms with E-state index < -0.39 is 12.0 Å². The summed E-state index contributed by atoms with van der Waals surface area (Å²) in [4.78, 5) is 42.3. The number of nitrogens with zero attached hydrogens (tertiary/aromatic N) is 1. The summed E-state index contributed by atoms with van der Waals surface area (Å²) in [6.07, 6.45) is 2.51. The number of nitrogens with one attached hydrogen (secondary N) is 4. The third-order valence-corrected chi connectivity index (χ3v) is 10.3. The maximum Gasteiger partial charge on any atom is 0.262 e. The summed E-state index contributed by atoms with van der Waals surface area (Å²) in [5.74, 6) is 5.99. The Bertz CT molecular complexity index is 2720. The van der Waals surface area contributed by atoms with Crippen LogP contribution >= 0.6 is 0 Å². The third kappa shape index (κ3) is 9.91. The number of amides is 3. The number of nitrogens with two attached hydrogens (primary N) is 1. The molecule has 3 amide bonds. The molecule has 2 heterocycles. The van der Waals surface area contributed by atoms with Crippen molar-refractivity contribution in [3.63, 3.8) is 0 Å². The van der Waals surface area contributed by atoms with Gasteiger partial charge in [0, 0.05) is 58.7 Å². The number of ether oxygens (including phenoxy) is 2. The zero-order valence-electron chi connectivity index (χ0n) is 34.0. The molecule has 8 N–H and O–H groups in total.